The van der Waals surface area contributed by atoms with Gasteiger partial charge in [0.1, 0.15) is 5.69 Å². The Morgan fingerprint density at radius 3 is 2.71 bits per heavy atom. The lowest BCUT2D eigenvalue weighted by Crippen LogP contribution is -2.27. The third kappa shape index (κ3) is 5.61. The number of aromatic nitrogens is 3. The smallest absolute Gasteiger partial charge is 0.270 e. The SMILES string of the molecule is CCCCCNC(=O)c1ccnc(N(C)CCc2ccncc2)n1. The molecule has 2 aromatic heterocycles. The van der Waals surface area contributed by atoms with E-state index in [-0.39, 0.29) is 5.91 Å². The Bertz CT molecular complexity index is 632. The van der Waals surface area contributed by atoms with E-state index in [1.165, 1.54) is 5.56 Å². The Labute approximate surface area is 143 Å². The molecule has 0 atom stereocenters. The van der Waals surface area contributed by atoms with E-state index in [1.807, 2.05) is 24.1 Å². The van der Waals surface area contributed by atoms with Crippen LogP contribution in [0, 0.1) is 0 Å². The van der Waals surface area contributed by atoms with Crippen LogP contribution in [-0.4, -0.2) is 41.0 Å². The lowest BCUT2D eigenvalue weighted by molar-refractivity contribution is 0.0948. The molecule has 0 aliphatic rings. The van der Waals surface area contributed by atoms with Crippen LogP contribution in [0.3, 0.4) is 0 Å². The third-order valence-electron chi connectivity index (χ3n) is 3.77. The average molecular weight is 327 g/mol. The summed E-state index contributed by atoms with van der Waals surface area (Å²) in [6.45, 7) is 3.59. The van der Waals surface area contributed by atoms with Crippen LogP contribution in [0.15, 0.2) is 36.8 Å². The van der Waals surface area contributed by atoms with Crippen LogP contribution in [-0.2, 0) is 6.42 Å². The van der Waals surface area contributed by atoms with Crippen molar-refractivity contribution in [3.05, 3.63) is 48.0 Å². The maximum Gasteiger partial charge on any atom is 0.270 e. The van der Waals surface area contributed by atoms with Crippen molar-refractivity contribution in [2.24, 2.45) is 0 Å². The molecule has 0 saturated heterocycles. The molecule has 2 rings (SSSR count). The normalized spacial score (nSPS) is 10.4. The predicted octanol–water partition coefficient (Wildman–Crippen LogP) is 2.47. The highest BCUT2D eigenvalue weighted by Crippen LogP contribution is 2.08. The first kappa shape index (κ1) is 17.8. The Kier molecular flexibility index (Phi) is 7.14. The van der Waals surface area contributed by atoms with E-state index in [9.17, 15) is 4.79 Å². The molecule has 0 saturated carbocycles. The number of hydrogen-bond acceptors (Lipinski definition) is 5. The third-order valence-corrected chi connectivity index (χ3v) is 3.77. The predicted molar refractivity (Wildman–Crippen MR) is 95.1 cm³/mol. The van der Waals surface area contributed by atoms with Gasteiger partial charge in [0, 0.05) is 38.7 Å². The minimum atomic E-state index is -0.141. The quantitative estimate of drug-likeness (QED) is 0.716. The average Bonchev–Trinajstić information content (AvgIpc) is 2.64. The van der Waals surface area contributed by atoms with Gasteiger partial charge in [-0.1, -0.05) is 19.8 Å². The molecule has 0 radical (unpaired) electrons. The van der Waals surface area contributed by atoms with Gasteiger partial charge in [-0.15, -0.1) is 0 Å². The monoisotopic (exact) mass is 327 g/mol. The lowest BCUT2D eigenvalue weighted by atomic mass is 10.2. The van der Waals surface area contributed by atoms with Gasteiger partial charge in [-0.05, 0) is 36.6 Å². The van der Waals surface area contributed by atoms with Crippen LogP contribution in [0.25, 0.3) is 0 Å². The van der Waals surface area contributed by atoms with Crippen molar-refractivity contribution >= 4 is 11.9 Å². The fourth-order valence-corrected chi connectivity index (χ4v) is 2.27. The van der Waals surface area contributed by atoms with Gasteiger partial charge in [-0.2, -0.15) is 0 Å². The van der Waals surface area contributed by atoms with Crippen molar-refractivity contribution in [3.8, 4) is 0 Å². The van der Waals surface area contributed by atoms with Crippen molar-refractivity contribution in [2.75, 3.05) is 25.0 Å². The van der Waals surface area contributed by atoms with Gasteiger partial charge >= 0.3 is 0 Å². The van der Waals surface area contributed by atoms with E-state index in [2.05, 4.69) is 27.2 Å². The molecular formula is C18H25N5O. The molecule has 0 aliphatic heterocycles. The number of nitrogens with one attached hydrogen (secondary N) is 1. The maximum atomic E-state index is 12.1. The number of nitrogens with zero attached hydrogens (tertiary/aromatic N) is 4. The summed E-state index contributed by atoms with van der Waals surface area (Å²) in [4.78, 5) is 26.7. The van der Waals surface area contributed by atoms with Gasteiger partial charge in [0.15, 0.2) is 0 Å². The van der Waals surface area contributed by atoms with Crippen molar-refractivity contribution in [3.63, 3.8) is 0 Å². The summed E-state index contributed by atoms with van der Waals surface area (Å²) in [5.74, 6) is 0.419. The molecule has 0 spiro atoms. The van der Waals surface area contributed by atoms with Crippen LogP contribution in [0.5, 0.6) is 0 Å². The molecule has 1 amide bonds. The van der Waals surface area contributed by atoms with E-state index in [4.69, 9.17) is 0 Å². The molecule has 0 aromatic carbocycles. The second-order valence-corrected chi connectivity index (χ2v) is 5.73. The van der Waals surface area contributed by atoms with Gasteiger partial charge in [0.25, 0.3) is 5.91 Å². The number of carbonyl (C=O) groups excluding carboxylic acids is 1. The summed E-state index contributed by atoms with van der Waals surface area (Å²) in [5.41, 5.74) is 1.62. The molecule has 6 heteroatoms. The molecule has 128 valence electrons. The number of hydrogen-bond donors (Lipinski definition) is 1. The molecule has 2 heterocycles. The van der Waals surface area contributed by atoms with Gasteiger partial charge in [-0.3, -0.25) is 9.78 Å². The zero-order chi connectivity index (χ0) is 17.2. The number of unbranched alkanes of at least 4 members (excludes halogenated alkanes) is 2. The van der Waals surface area contributed by atoms with Crippen molar-refractivity contribution in [2.45, 2.75) is 32.6 Å². The summed E-state index contributed by atoms with van der Waals surface area (Å²) in [6, 6.07) is 5.64. The number of anilines is 1. The molecule has 0 fully saturated rings. The number of amides is 1. The van der Waals surface area contributed by atoms with Gasteiger partial charge in [0.05, 0.1) is 0 Å². The standard InChI is InChI=1S/C18H25N5O/c1-3-4-5-10-20-17(24)16-8-13-21-18(22-16)23(2)14-9-15-6-11-19-12-7-15/h6-8,11-13H,3-5,9-10,14H2,1-2H3,(H,20,24). The summed E-state index contributed by atoms with van der Waals surface area (Å²) in [6.07, 6.45) is 9.32. The molecule has 1 N–H and O–H groups in total. The fraction of sp³-hybridized carbons (Fsp3) is 0.444. The van der Waals surface area contributed by atoms with Gasteiger partial charge in [0.2, 0.25) is 5.95 Å². The number of rotatable bonds is 9. The molecule has 0 aliphatic carbocycles. The number of carbonyl (C=O) groups is 1. The Morgan fingerprint density at radius 1 is 1.17 bits per heavy atom. The van der Waals surface area contributed by atoms with Crippen LogP contribution in [0.1, 0.15) is 42.2 Å². The molecule has 2 aromatic rings. The highest BCUT2D eigenvalue weighted by atomic mass is 16.1. The zero-order valence-corrected chi connectivity index (χ0v) is 14.4. The minimum Gasteiger partial charge on any atom is -0.351 e. The first-order chi connectivity index (χ1) is 11.7. The minimum absolute atomic E-state index is 0.141. The topological polar surface area (TPSA) is 71.0 Å². The van der Waals surface area contributed by atoms with E-state index in [1.54, 1.807) is 24.7 Å². The summed E-state index contributed by atoms with van der Waals surface area (Å²) in [5, 5.41) is 2.90. The van der Waals surface area contributed by atoms with Crippen molar-refractivity contribution < 1.29 is 4.79 Å². The van der Waals surface area contributed by atoms with E-state index < -0.39 is 0 Å². The second-order valence-electron chi connectivity index (χ2n) is 5.73. The lowest BCUT2D eigenvalue weighted by Gasteiger charge is -2.17. The molecule has 24 heavy (non-hydrogen) atoms. The van der Waals surface area contributed by atoms with Crippen molar-refractivity contribution in [1.29, 1.82) is 0 Å². The van der Waals surface area contributed by atoms with Crippen LogP contribution in [0.4, 0.5) is 5.95 Å². The van der Waals surface area contributed by atoms with Gasteiger partial charge < -0.3 is 10.2 Å². The highest BCUT2D eigenvalue weighted by molar-refractivity contribution is 5.92. The second kappa shape index (κ2) is 9.60. The Hall–Kier alpha value is -2.50. The molecule has 0 bridgehead atoms. The largest absolute Gasteiger partial charge is 0.351 e. The molecule has 0 unspecified atom stereocenters. The molecule has 6 nitrogen and oxygen atoms in total. The fourth-order valence-electron chi connectivity index (χ4n) is 2.27. The maximum absolute atomic E-state index is 12.1. The summed E-state index contributed by atoms with van der Waals surface area (Å²) in [7, 11) is 1.93. The summed E-state index contributed by atoms with van der Waals surface area (Å²) < 4.78 is 0. The summed E-state index contributed by atoms with van der Waals surface area (Å²) >= 11 is 0. The number of likely N-dealkylation sites (N-methyl/N-ethyl adjacent to an activating group) is 1. The highest BCUT2D eigenvalue weighted by Gasteiger charge is 2.10. The van der Waals surface area contributed by atoms with Crippen LogP contribution < -0.4 is 10.2 Å². The van der Waals surface area contributed by atoms with E-state index in [0.717, 1.165) is 32.2 Å². The van der Waals surface area contributed by atoms with Crippen LogP contribution >= 0.6 is 0 Å². The first-order valence-corrected chi connectivity index (χ1v) is 8.42. The molecular weight excluding hydrogens is 302 g/mol. The number of pyridine rings is 1. The van der Waals surface area contributed by atoms with E-state index >= 15 is 0 Å². The van der Waals surface area contributed by atoms with Gasteiger partial charge in [-0.25, -0.2) is 9.97 Å². The first-order valence-electron chi connectivity index (χ1n) is 8.42. The Morgan fingerprint density at radius 2 is 1.96 bits per heavy atom. The Balaban J connectivity index is 1.90. The van der Waals surface area contributed by atoms with E-state index in [0.29, 0.717) is 18.2 Å². The zero-order valence-electron chi connectivity index (χ0n) is 14.4. The van der Waals surface area contributed by atoms with Crippen LogP contribution in [0.2, 0.25) is 0 Å². The van der Waals surface area contributed by atoms with Crippen molar-refractivity contribution in [1.82, 2.24) is 20.3 Å².